The minimum atomic E-state index is -0.324. The van der Waals surface area contributed by atoms with E-state index in [9.17, 15) is 4.79 Å². The molecule has 4 aromatic rings. The van der Waals surface area contributed by atoms with Crippen LogP contribution in [0.3, 0.4) is 0 Å². The monoisotopic (exact) mass is 527 g/mol. The lowest BCUT2D eigenvalue weighted by Crippen LogP contribution is -2.11. The number of hydrogen-bond donors (Lipinski definition) is 1. The number of nitrogens with one attached hydrogen (secondary N) is 1. The topological polar surface area (TPSA) is 69.3 Å². The third-order valence-electron chi connectivity index (χ3n) is 5.21. The van der Waals surface area contributed by atoms with Crippen LogP contribution in [-0.2, 0) is 13.2 Å². The van der Waals surface area contributed by atoms with Gasteiger partial charge in [-0.2, -0.15) is 5.10 Å². The molecule has 1 amide bonds. The summed E-state index contributed by atoms with van der Waals surface area (Å²) >= 11 is 9.60. The number of nitrogens with zero attached hydrogens (tertiary/aromatic N) is 2. The Bertz CT molecular complexity index is 1310. The molecule has 2 heterocycles. The number of aryl methyl sites for hydroxylation is 2. The van der Waals surface area contributed by atoms with Gasteiger partial charge in [-0.05, 0) is 90.3 Å². The van der Waals surface area contributed by atoms with Gasteiger partial charge in [0.1, 0.15) is 18.1 Å². The first-order valence-corrected chi connectivity index (χ1v) is 11.5. The number of hydrogen-bond acceptors (Lipinski definition) is 4. The molecule has 0 aliphatic carbocycles. The summed E-state index contributed by atoms with van der Waals surface area (Å²) in [7, 11) is 0. The van der Waals surface area contributed by atoms with Crippen molar-refractivity contribution in [3.8, 4) is 5.75 Å². The van der Waals surface area contributed by atoms with Gasteiger partial charge in [0, 0.05) is 10.7 Å². The molecule has 4 rings (SSSR count). The molecule has 0 spiro atoms. The first kappa shape index (κ1) is 23.1. The fourth-order valence-corrected chi connectivity index (χ4v) is 3.78. The Morgan fingerprint density at radius 3 is 2.70 bits per heavy atom. The standard InChI is InChI=1S/C25H23BrClN3O3/c1-15-11-20(7-9-22(15)27)32-14-21-8-10-23(33-21)25(31)28-19-6-4-5-18(12-19)13-30-17(3)24(26)16(2)29-30/h4-12H,13-14H2,1-3H3,(H,28,31). The van der Waals surface area contributed by atoms with E-state index in [1.807, 2.05) is 55.8 Å². The van der Waals surface area contributed by atoms with Gasteiger partial charge < -0.3 is 14.5 Å². The van der Waals surface area contributed by atoms with Crippen LogP contribution < -0.4 is 10.1 Å². The summed E-state index contributed by atoms with van der Waals surface area (Å²) in [6, 6.07) is 16.5. The van der Waals surface area contributed by atoms with Gasteiger partial charge in [-0.1, -0.05) is 23.7 Å². The molecule has 0 fully saturated rings. The fourth-order valence-electron chi connectivity index (χ4n) is 3.38. The zero-order valence-electron chi connectivity index (χ0n) is 18.5. The van der Waals surface area contributed by atoms with Crippen molar-refractivity contribution in [1.82, 2.24) is 9.78 Å². The van der Waals surface area contributed by atoms with Crippen LogP contribution in [0.2, 0.25) is 5.02 Å². The first-order chi connectivity index (χ1) is 15.8. The molecular formula is C25H23BrClN3O3. The summed E-state index contributed by atoms with van der Waals surface area (Å²) in [5.41, 5.74) is 4.64. The van der Waals surface area contributed by atoms with Gasteiger partial charge >= 0.3 is 0 Å². The van der Waals surface area contributed by atoms with E-state index in [1.165, 1.54) is 0 Å². The SMILES string of the molecule is Cc1cc(OCc2ccc(C(=O)Nc3cccc(Cn4nc(C)c(Br)c4C)c3)o2)ccc1Cl. The molecule has 33 heavy (non-hydrogen) atoms. The number of ether oxygens (including phenoxy) is 1. The van der Waals surface area contributed by atoms with Gasteiger partial charge in [0.15, 0.2) is 5.76 Å². The van der Waals surface area contributed by atoms with E-state index in [-0.39, 0.29) is 18.3 Å². The number of carbonyl (C=O) groups is 1. The molecule has 6 nitrogen and oxygen atoms in total. The Morgan fingerprint density at radius 2 is 1.97 bits per heavy atom. The van der Waals surface area contributed by atoms with Crippen LogP contribution in [0.25, 0.3) is 0 Å². The van der Waals surface area contributed by atoms with Crippen LogP contribution in [0.5, 0.6) is 5.75 Å². The van der Waals surface area contributed by atoms with Crippen molar-refractivity contribution in [2.75, 3.05) is 5.32 Å². The van der Waals surface area contributed by atoms with Crippen LogP contribution in [0.15, 0.2) is 63.5 Å². The highest BCUT2D eigenvalue weighted by atomic mass is 79.9. The molecule has 8 heteroatoms. The minimum absolute atomic E-state index is 0.210. The number of carbonyl (C=O) groups excluding carboxylic acids is 1. The molecular weight excluding hydrogens is 506 g/mol. The summed E-state index contributed by atoms with van der Waals surface area (Å²) < 4.78 is 14.3. The number of anilines is 1. The van der Waals surface area contributed by atoms with Crippen molar-refractivity contribution in [3.05, 3.63) is 98.1 Å². The smallest absolute Gasteiger partial charge is 0.291 e. The average molecular weight is 529 g/mol. The number of halogens is 2. The zero-order valence-corrected chi connectivity index (χ0v) is 20.8. The number of amides is 1. The third-order valence-corrected chi connectivity index (χ3v) is 6.78. The maximum atomic E-state index is 12.7. The van der Waals surface area contributed by atoms with E-state index in [1.54, 1.807) is 24.3 Å². The van der Waals surface area contributed by atoms with E-state index in [2.05, 4.69) is 26.3 Å². The van der Waals surface area contributed by atoms with E-state index in [4.69, 9.17) is 20.8 Å². The van der Waals surface area contributed by atoms with E-state index >= 15 is 0 Å². The lowest BCUT2D eigenvalue weighted by molar-refractivity contribution is 0.0992. The van der Waals surface area contributed by atoms with Gasteiger partial charge in [-0.25, -0.2) is 0 Å². The Hall–Kier alpha value is -3.03. The van der Waals surface area contributed by atoms with Crippen molar-refractivity contribution < 1.29 is 13.9 Å². The van der Waals surface area contributed by atoms with Crippen LogP contribution in [0, 0.1) is 20.8 Å². The van der Waals surface area contributed by atoms with Crippen LogP contribution in [0.4, 0.5) is 5.69 Å². The second-order valence-electron chi connectivity index (χ2n) is 7.76. The average Bonchev–Trinajstić information content (AvgIpc) is 3.36. The lowest BCUT2D eigenvalue weighted by atomic mass is 10.2. The lowest BCUT2D eigenvalue weighted by Gasteiger charge is -2.08. The van der Waals surface area contributed by atoms with Gasteiger partial charge in [-0.3, -0.25) is 9.48 Å². The number of benzene rings is 2. The summed E-state index contributed by atoms with van der Waals surface area (Å²) in [5, 5.41) is 8.12. The number of aromatic nitrogens is 2. The maximum Gasteiger partial charge on any atom is 0.291 e. The highest BCUT2D eigenvalue weighted by molar-refractivity contribution is 9.10. The molecule has 0 aliphatic rings. The van der Waals surface area contributed by atoms with Crippen LogP contribution >= 0.6 is 27.5 Å². The summed E-state index contributed by atoms with van der Waals surface area (Å²) in [5.74, 6) is 1.13. The predicted octanol–water partition coefficient (Wildman–Crippen LogP) is 6.70. The zero-order chi connectivity index (χ0) is 23.5. The number of rotatable bonds is 7. The molecule has 0 unspecified atom stereocenters. The molecule has 0 saturated heterocycles. The Balaban J connectivity index is 1.38. The van der Waals surface area contributed by atoms with Crippen LogP contribution in [0.1, 0.15) is 38.8 Å². The molecule has 170 valence electrons. The van der Waals surface area contributed by atoms with Crippen molar-refractivity contribution in [2.24, 2.45) is 0 Å². The largest absolute Gasteiger partial charge is 0.486 e. The van der Waals surface area contributed by atoms with E-state index in [0.29, 0.717) is 28.8 Å². The molecule has 2 aromatic carbocycles. The normalized spacial score (nSPS) is 10.9. The summed E-state index contributed by atoms with van der Waals surface area (Å²) in [6.45, 7) is 6.71. The second kappa shape index (κ2) is 9.85. The number of furan rings is 1. The maximum absolute atomic E-state index is 12.7. The molecule has 1 N–H and O–H groups in total. The first-order valence-electron chi connectivity index (χ1n) is 10.4. The Kier molecular flexibility index (Phi) is 6.91. The quantitative estimate of drug-likeness (QED) is 0.290. The molecule has 0 saturated carbocycles. The van der Waals surface area contributed by atoms with Crippen molar-refractivity contribution >= 4 is 39.1 Å². The summed E-state index contributed by atoms with van der Waals surface area (Å²) in [6.07, 6.45) is 0. The Morgan fingerprint density at radius 1 is 1.15 bits per heavy atom. The van der Waals surface area contributed by atoms with Crippen molar-refractivity contribution in [2.45, 2.75) is 33.9 Å². The summed E-state index contributed by atoms with van der Waals surface area (Å²) in [4.78, 5) is 12.7. The van der Waals surface area contributed by atoms with Crippen LogP contribution in [-0.4, -0.2) is 15.7 Å². The Labute approximate surface area is 205 Å². The predicted molar refractivity (Wildman–Crippen MR) is 132 cm³/mol. The van der Waals surface area contributed by atoms with Gasteiger partial charge in [-0.15, -0.1) is 0 Å². The van der Waals surface area contributed by atoms with Gasteiger partial charge in [0.05, 0.1) is 22.4 Å². The van der Waals surface area contributed by atoms with Gasteiger partial charge in [0.25, 0.3) is 5.91 Å². The molecule has 0 atom stereocenters. The third kappa shape index (κ3) is 5.49. The fraction of sp³-hybridized carbons (Fsp3) is 0.200. The highest BCUT2D eigenvalue weighted by Gasteiger charge is 2.13. The molecule has 0 radical (unpaired) electrons. The molecule has 2 aromatic heterocycles. The molecule has 0 aliphatic heterocycles. The van der Waals surface area contributed by atoms with E-state index < -0.39 is 0 Å². The van der Waals surface area contributed by atoms with Crippen molar-refractivity contribution in [3.63, 3.8) is 0 Å². The second-order valence-corrected chi connectivity index (χ2v) is 8.96. The highest BCUT2D eigenvalue weighted by Crippen LogP contribution is 2.23. The molecule has 0 bridgehead atoms. The minimum Gasteiger partial charge on any atom is -0.486 e. The van der Waals surface area contributed by atoms with E-state index in [0.717, 1.165) is 27.0 Å². The van der Waals surface area contributed by atoms with Gasteiger partial charge in [0.2, 0.25) is 0 Å². The van der Waals surface area contributed by atoms with Crippen molar-refractivity contribution in [1.29, 1.82) is 0 Å².